The fourth-order valence-corrected chi connectivity index (χ4v) is 2.60. The molecule has 0 aliphatic heterocycles. The van der Waals surface area contributed by atoms with E-state index in [4.69, 9.17) is 11.6 Å². The molecule has 0 saturated carbocycles. The van der Waals surface area contributed by atoms with Crippen LogP contribution in [-0.2, 0) is 0 Å². The van der Waals surface area contributed by atoms with Crippen LogP contribution in [0, 0.1) is 0 Å². The monoisotopic (exact) mass is 329 g/mol. The van der Waals surface area contributed by atoms with Gasteiger partial charge in [0.25, 0.3) is 0 Å². The summed E-state index contributed by atoms with van der Waals surface area (Å²) in [5.74, 6) is 0.234. The van der Waals surface area contributed by atoms with Gasteiger partial charge in [0.05, 0.1) is 11.9 Å². The molecule has 0 atom stereocenters. The van der Waals surface area contributed by atoms with Gasteiger partial charge in [0, 0.05) is 16.0 Å². The third-order valence-electron chi connectivity index (χ3n) is 2.91. The lowest BCUT2D eigenvalue weighted by Crippen LogP contribution is -1.90. The van der Waals surface area contributed by atoms with Crippen molar-refractivity contribution >= 4 is 34.3 Å². The molecule has 3 rings (SSSR count). The number of phenols is 1. The molecule has 4 nitrogen and oxygen atoms in total. The summed E-state index contributed by atoms with van der Waals surface area (Å²) in [5, 5.41) is 16.7. The van der Waals surface area contributed by atoms with Crippen LogP contribution in [0.5, 0.6) is 5.75 Å². The van der Waals surface area contributed by atoms with E-state index < -0.39 is 0 Å². The predicted octanol–water partition coefficient (Wildman–Crippen LogP) is 4.62. The number of halogens is 1. The largest absolute Gasteiger partial charge is 0.508 e. The molecule has 110 valence electrons. The number of hydrogen-bond acceptors (Lipinski definition) is 5. The van der Waals surface area contributed by atoms with E-state index in [0.29, 0.717) is 10.2 Å². The van der Waals surface area contributed by atoms with E-state index in [2.05, 4.69) is 15.5 Å². The highest BCUT2D eigenvalue weighted by molar-refractivity contribution is 7.14. The van der Waals surface area contributed by atoms with Crippen molar-refractivity contribution in [3.8, 4) is 17.0 Å². The molecule has 22 heavy (non-hydrogen) atoms. The second-order valence-corrected chi connectivity index (χ2v) is 5.80. The van der Waals surface area contributed by atoms with Gasteiger partial charge in [0.2, 0.25) is 5.13 Å². The lowest BCUT2D eigenvalue weighted by atomic mass is 10.2. The van der Waals surface area contributed by atoms with E-state index in [-0.39, 0.29) is 5.75 Å². The smallest absolute Gasteiger partial charge is 0.203 e. The maximum Gasteiger partial charge on any atom is 0.203 e. The minimum Gasteiger partial charge on any atom is -0.508 e. The first-order chi connectivity index (χ1) is 10.7. The van der Waals surface area contributed by atoms with Crippen molar-refractivity contribution < 1.29 is 5.11 Å². The number of anilines is 1. The van der Waals surface area contributed by atoms with Crippen LogP contribution < -0.4 is 5.43 Å². The van der Waals surface area contributed by atoms with Gasteiger partial charge in [-0.2, -0.15) is 5.10 Å². The Balaban J connectivity index is 1.66. The van der Waals surface area contributed by atoms with E-state index in [1.54, 1.807) is 30.5 Å². The van der Waals surface area contributed by atoms with Crippen LogP contribution in [0.15, 0.2) is 59.0 Å². The number of nitrogens with zero attached hydrogens (tertiary/aromatic N) is 2. The van der Waals surface area contributed by atoms with Crippen molar-refractivity contribution in [2.24, 2.45) is 5.10 Å². The molecule has 1 aromatic heterocycles. The highest BCUT2D eigenvalue weighted by atomic mass is 35.5. The number of benzene rings is 2. The minimum atomic E-state index is 0.234. The molecule has 1 heterocycles. The van der Waals surface area contributed by atoms with Crippen molar-refractivity contribution in [1.82, 2.24) is 4.98 Å². The Morgan fingerprint density at radius 2 is 1.82 bits per heavy atom. The molecule has 0 bridgehead atoms. The number of nitrogens with one attached hydrogen (secondary N) is 1. The van der Waals surface area contributed by atoms with Crippen molar-refractivity contribution in [1.29, 1.82) is 0 Å². The summed E-state index contributed by atoms with van der Waals surface area (Å²) < 4.78 is 0. The molecule has 2 aromatic carbocycles. The van der Waals surface area contributed by atoms with Crippen LogP contribution in [-0.4, -0.2) is 16.3 Å². The highest BCUT2D eigenvalue weighted by Crippen LogP contribution is 2.25. The van der Waals surface area contributed by atoms with Gasteiger partial charge in [-0.25, -0.2) is 4.98 Å². The summed E-state index contributed by atoms with van der Waals surface area (Å²) in [6.07, 6.45) is 1.67. The van der Waals surface area contributed by atoms with E-state index >= 15 is 0 Å². The first kappa shape index (κ1) is 14.6. The van der Waals surface area contributed by atoms with E-state index in [1.807, 2.05) is 29.6 Å². The lowest BCUT2D eigenvalue weighted by molar-refractivity contribution is 0.475. The topological polar surface area (TPSA) is 57.5 Å². The highest BCUT2D eigenvalue weighted by Gasteiger charge is 2.03. The fraction of sp³-hybridized carbons (Fsp3) is 0. The average molecular weight is 330 g/mol. The van der Waals surface area contributed by atoms with Gasteiger partial charge in [-0.3, -0.25) is 5.43 Å². The van der Waals surface area contributed by atoms with Crippen molar-refractivity contribution in [3.05, 3.63) is 64.5 Å². The van der Waals surface area contributed by atoms with Crippen molar-refractivity contribution in [3.63, 3.8) is 0 Å². The number of phenolic OH excluding ortho intramolecular Hbond substituents is 1. The molecular formula is C16H12ClN3OS. The van der Waals surface area contributed by atoms with E-state index in [9.17, 15) is 5.11 Å². The van der Waals surface area contributed by atoms with Gasteiger partial charge >= 0.3 is 0 Å². The normalized spacial score (nSPS) is 11.0. The summed E-state index contributed by atoms with van der Waals surface area (Å²) in [6.45, 7) is 0. The SMILES string of the molecule is Oc1ccc(C=NNc2nc(-c3ccc(Cl)cc3)cs2)cc1. The average Bonchev–Trinajstić information content (AvgIpc) is 2.99. The molecule has 0 saturated heterocycles. The van der Waals surface area contributed by atoms with Crippen LogP contribution >= 0.6 is 22.9 Å². The number of thiazole rings is 1. The van der Waals surface area contributed by atoms with Gasteiger partial charge in [-0.1, -0.05) is 23.7 Å². The van der Waals surface area contributed by atoms with Gasteiger partial charge in [-0.05, 0) is 42.0 Å². The molecule has 2 N–H and O–H groups in total. The Kier molecular flexibility index (Phi) is 4.37. The summed E-state index contributed by atoms with van der Waals surface area (Å²) in [5.41, 5.74) is 5.68. The number of aromatic hydroxyl groups is 1. The summed E-state index contributed by atoms with van der Waals surface area (Å²) in [6, 6.07) is 14.3. The minimum absolute atomic E-state index is 0.234. The van der Waals surface area contributed by atoms with Crippen molar-refractivity contribution in [2.45, 2.75) is 0 Å². The number of hydrogen-bond donors (Lipinski definition) is 2. The van der Waals surface area contributed by atoms with Crippen LogP contribution in [0.4, 0.5) is 5.13 Å². The zero-order valence-electron chi connectivity index (χ0n) is 11.4. The third kappa shape index (κ3) is 3.63. The number of aromatic nitrogens is 1. The van der Waals surface area contributed by atoms with Gasteiger partial charge in [0.1, 0.15) is 5.75 Å². The van der Waals surface area contributed by atoms with Gasteiger partial charge < -0.3 is 5.11 Å². The molecule has 3 aromatic rings. The van der Waals surface area contributed by atoms with Crippen LogP contribution in [0.25, 0.3) is 11.3 Å². The zero-order chi connectivity index (χ0) is 15.4. The maximum absolute atomic E-state index is 9.21. The predicted molar refractivity (Wildman–Crippen MR) is 91.9 cm³/mol. The second-order valence-electron chi connectivity index (χ2n) is 4.51. The standard InChI is InChI=1S/C16H12ClN3OS/c17-13-5-3-12(4-6-13)15-10-22-16(19-15)20-18-9-11-1-7-14(21)8-2-11/h1-10,21H,(H,19,20). The first-order valence-electron chi connectivity index (χ1n) is 6.50. The van der Waals surface area contributed by atoms with Crippen molar-refractivity contribution in [2.75, 3.05) is 5.43 Å². The number of hydrazone groups is 1. The van der Waals surface area contributed by atoms with Crippen LogP contribution in [0.1, 0.15) is 5.56 Å². The van der Waals surface area contributed by atoms with E-state index in [0.717, 1.165) is 16.8 Å². The molecule has 0 amide bonds. The Labute approximate surface area is 136 Å². The quantitative estimate of drug-likeness (QED) is 0.542. The zero-order valence-corrected chi connectivity index (χ0v) is 13.0. The van der Waals surface area contributed by atoms with Gasteiger partial charge in [0.15, 0.2) is 0 Å². The Bertz CT molecular complexity index is 782. The second kappa shape index (κ2) is 6.60. The molecule has 0 radical (unpaired) electrons. The Morgan fingerprint density at radius 1 is 1.09 bits per heavy atom. The Morgan fingerprint density at radius 3 is 2.55 bits per heavy atom. The summed E-state index contributed by atoms with van der Waals surface area (Å²) >= 11 is 7.35. The van der Waals surface area contributed by atoms with Gasteiger partial charge in [-0.15, -0.1) is 11.3 Å². The molecule has 0 aliphatic carbocycles. The molecule has 6 heteroatoms. The summed E-state index contributed by atoms with van der Waals surface area (Å²) in [4.78, 5) is 4.47. The molecule has 0 aliphatic rings. The van der Waals surface area contributed by atoms with Crippen LogP contribution in [0.3, 0.4) is 0 Å². The number of rotatable bonds is 4. The first-order valence-corrected chi connectivity index (χ1v) is 7.76. The molecule has 0 fully saturated rings. The fourth-order valence-electron chi connectivity index (χ4n) is 1.80. The summed E-state index contributed by atoms with van der Waals surface area (Å²) in [7, 11) is 0. The maximum atomic E-state index is 9.21. The molecule has 0 spiro atoms. The molecule has 0 unspecified atom stereocenters. The van der Waals surface area contributed by atoms with Crippen LogP contribution in [0.2, 0.25) is 5.02 Å². The third-order valence-corrected chi connectivity index (χ3v) is 3.91. The Hall–Kier alpha value is -2.37. The molecular weight excluding hydrogens is 318 g/mol. The van der Waals surface area contributed by atoms with E-state index in [1.165, 1.54) is 11.3 Å². The lowest BCUT2D eigenvalue weighted by Gasteiger charge is -1.97.